The lowest BCUT2D eigenvalue weighted by Gasteiger charge is -2.19. The van der Waals surface area contributed by atoms with Crippen LogP contribution in [0.1, 0.15) is 24.8 Å². The number of hydrogen-bond acceptors (Lipinski definition) is 4. The second kappa shape index (κ2) is 7.01. The Morgan fingerprint density at radius 1 is 1.43 bits per heavy atom. The molecule has 124 valence electrons. The van der Waals surface area contributed by atoms with Gasteiger partial charge in [0.05, 0.1) is 12.6 Å². The minimum Gasteiger partial charge on any atom is -0.391 e. The van der Waals surface area contributed by atoms with E-state index in [1.54, 1.807) is 10.7 Å². The Balaban J connectivity index is 1.64. The van der Waals surface area contributed by atoms with Crippen LogP contribution in [0.5, 0.6) is 0 Å². The maximum absolute atomic E-state index is 10.5. The van der Waals surface area contributed by atoms with Gasteiger partial charge in [0.25, 0.3) is 0 Å². The largest absolute Gasteiger partial charge is 0.391 e. The number of thioether (sulfide) groups is 1. The van der Waals surface area contributed by atoms with Crippen molar-refractivity contribution in [2.75, 3.05) is 6.26 Å². The van der Waals surface area contributed by atoms with Crippen molar-refractivity contribution >= 4 is 35.0 Å². The molecule has 0 spiro atoms. The van der Waals surface area contributed by atoms with Crippen molar-refractivity contribution in [3.63, 3.8) is 0 Å². The first kappa shape index (κ1) is 17.1. The molecule has 0 radical (unpaired) electrons. The molecule has 1 aliphatic carbocycles. The summed E-state index contributed by atoms with van der Waals surface area (Å²) in [6.45, 7) is 2.56. The van der Waals surface area contributed by atoms with Crippen LogP contribution in [0.3, 0.4) is 0 Å². The topological polar surface area (TPSA) is 50.9 Å². The van der Waals surface area contributed by atoms with E-state index >= 15 is 0 Å². The number of aliphatic hydroxyl groups excluding tert-OH is 1. The van der Waals surface area contributed by atoms with Crippen molar-refractivity contribution in [2.45, 2.75) is 37.1 Å². The minimum atomic E-state index is -0.455. The molecule has 1 heterocycles. The fourth-order valence-corrected chi connectivity index (χ4v) is 4.15. The summed E-state index contributed by atoms with van der Waals surface area (Å²) >= 11 is 13.8. The maximum Gasteiger partial charge on any atom is 0.185 e. The Kier molecular flexibility index (Phi) is 5.21. The van der Waals surface area contributed by atoms with E-state index in [1.165, 1.54) is 18.1 Å². The van der Waals surface area contributed by atoms with Crippen molar-refractivity contribution in [1.29, 1.82) is 0 Å². The fraction of sp³-hybridized carbons (Fsp3) is 0.500. The van der Waals surface area contributed by atoms with E-state index in [0.29, 0.717) is 28.4 Å². The van der Waals surface area contributed by atoms with Crippen LogP contribution in [0.4, 0.5) is 0 Å². The number of benzene rings is 1. The standard InChI is InChI=1S/C16H19Cl2N3OS/c1-9(15(22)7-21-16(23-2)19-8-20-21)12-6-13(12)11-4-3-10(17)5-14(11)18/h3-5,8-9,12-13,15,22H,6-7H2,1-2H3. The summed E-state index contributed by atoms with van der Waals surface area (Å²) in [7, 11) is 0. The number of nitrogens with zero attached hydrogens (tertiary/aromatic N) is 3. The molecule has 1 fully saturated rings. The summed E-state index contributed by atoms with van der Waals surface area (Å²) < 4.78 is 1.76. The van der Waals surface area contributed by atoms with Gasteiger partial charge in [0, 0.05) is 10.0 Å². The Morgan fingerprint density at radius 2 is 2.22 bits per heavy atom. The number of hydrogen-bond donors (Lipinski definition) is 1. The van der Waals surface area contributed by atoms with Gasteiger partial charge in [-0.1, -0.05) is 48.0 Å². The molecule has 4 unspecified atom stereocenters. The number of rotatable bonds is 6. The first-order chi connectivity index (χ1) is 11.0. The summed E-state index contributed by atoms with van der Waals surface area (Å²) in [5.41, 5.74) is 1.13. The number of aromatic nitrogens is 3. The molecule has 1 aromatic heterocycles. The van der Waals surface area contributed by atoms with Gasteiger partial charge < -0.3 is 5.11 Å². The lowest BCUT2D eigenvalue weighted by atomic mass is 9.95. The van der Waals surface area contributed by atoms with E-state index in [9.17, 15) is 5.11 Å². The SMILES string of the molecule is CSc1ncnn1CC(O)C(C)C1CC1c1ccc(Cl)cc1Cl. The zero-order valence-electron chi connectivity index (χ0n) is 13.0. The average Bonchev–Trinajstić information content (AvgIpc) is 3.17. The molecule has 0 saturated heterocycles. The van der Waals surface area contributed by atoms with Crippen LogP contribution in [0.25, 0.3) is 0 Å². The van der Waals surface area contributed by atoms with Crippen molar-refractivity contribution in [3.8, 4) is 0 Å². The van der Waals surface area contributed by atoms with E-state index in [1.807, 2.05) is 18.4 Å². The highest BCUT2D eigenvalue weighted by Gasteiger charge is 2.45. The molecule has 4 nitrogen and oxygen atoms in total. The van der Waals surface area contributed by atoms with Gasteiger partial charge in [-0.2, -0.15) is 5.10 Å². The highest BCUT2D eigenvalue weighted by Crippen LogP contribution is 2.54. The van der Waals surface area contributed by atoms with Crippen LogP contribution in [0, 0.1) is 11.8 Å². The quantitative estimate of drug-likeness (QED) is 0.776. The third-order valence-electron chi connectivity index (χ3n) is 4.61. The first-order valence-electron chi connectivity index (χ1n) is 7.56. The summed E-state index contributed by atoms with van der Waals surface area (Å²) in [5, 5.41) is 16.9. The van der Waals surface area contributed by atoms with Crippen LogP contribution < -0.4 is 0 Å². The smallest absolute Gasteiger partial charge is 0.185 e. The van der Waals surface area contributed by atoms with E-state index in [0.717, 1.165) is 17.1 Å². The van der Waals surface area contributed by atoms with Crippen LogP contribution in [0.15, 0.2) is 29.7 Å². The second-order valence-corrected chi connectivity index (χ2v) is 7.64. The Hall–Kier alpha value is -0.750. The van der Waals surface area contributed by atoms with E-state index in [-0.39, 0.29) is 5.92 Å². The van der Waals surface area contributed by atoms with Gasteiger partial charge in [-0.15, -0.1) is 0 Å². The van der Waals surface area contributed by atoms with Gasteiger partial charge >= 0.3 is 0 Å². The summed E-state index contributed by atoms with van der Waals surface area (Å²) in [6.07, 6.45) is 4.07. The molecular formula is C16H19Cl2N3OS. The molecule has 4 atom stereocenters. The Labute approximate surface area is 150 Å². The van der Waals surface area contributed by atoms with Gasteiger partial charge in [-0.25, -0.2) is 9.67 Å². The predicted octanol–water partition coefficient (Wildman–Crippen LogP) is 4.11. The Morgan fingerprint density at radius 3 is 2.91 bits per heavy atom. The minimum absolute atomic E-state index is 0.172. The molecule has 1 aliphatic rings. The number of aliphatic hydroxyl groups is 1. The van der Waals surface area contributed by atoms with Crippen molar-refractivity contribution < 1.29 is 5.11 Å². The summed E-state index contributed by atoms with van der Waals surface area (Å²) in [4.78, 5) is 4.16. The van der Waals surface area contributed by atoms with Gasteiger partial charge in [0.2, 0.25) is 0 Å². The molecule has 7 heteroatoms. The first-order valence-corrected chi connectivity index (χ1v) is 9.54. The third kappa shape index (κ3) is 3.68. The fourth-order valence-electron chi connectivity index (χ4n) is 3.12. The lowest BCUT2D eigenvalue weighted by Crippen LogP contribution is -2.26. The molecule has 23 heavy (non-hydrogen) atoms. The molecule has 1 saturated carbocycles. The highest BCUT2D eigenvalue weighted by molar-refractivity contribution is 7.98. The molecule has 0 amide bonds. The van der Waals surface area contributed by atoms with Crippen LogP contribution in [-0.2, 0) is 6.54 Å². The third-order valence-corrected chi connectivity index (χ3v) is 5.85. The molecular weight excluding hydrogens is 353 g/mol. The molecule has 2 aromatic rings. The maximum atomic E-state index is 10.5. The van der Waals surface area contributed by atoms with Crippen molar-refractivity contribution in [3.05, 3.63) is 40.1 Å². The van der Waals surface area contributed by atoms with Crippen molar-refractivity contribution in [1.82, 2.24) is 14.8 Å². The lowest BCUT2D eigenvalue weighted by molar-refractivity contribution is 0.0805. The average molecular weight is 372 g/mol. The van der Waals surface area contributed by atoms with Gasteiger partial charge in [-0.05, 0) is 48.1 Å². The van der Waals surface area contributed by atoms with Gasteiger partial charge in [0.1, 0.15) is 6.33 Å². The molecule has 1 N–H and O–H groups in total. The van der Waals surface area contributed by atoms with Gasteiger partial charge in [-0.3, -0.25) is 0 Å². The number of halogens is 2. The molecule has 0 aliphatic heterocycles. The second-order valence-electron chi connectivity index (χ2n) is 6.03. The zero-order chi connectivity index (χ0) is 16.6. The van der Waals surface area contributed by atoms with Crippen LogP contribution in [-0.4, -0.2) is 32.2 Å². The van der Waals surface area contributed by atoms with Crippen LogP contribution >= 0.6 is 35.0 Å². The highest BCUT2D eigenvalue weighted by atomic mass is 35.5. The summed E-state index contributed by atoms with van der Waals surface area (Å²) in [5.74, 6) is 1.01. The Bertz CT molecular complexity index is 694. The van der Waals surface area contributed by atoms with Gasteiger partial charge in [0.15, 0.2) is 5.16 Å². The summed E-state index contributed by atoms with van der Waals surface area (Å²) in [6, 6.07) is 5.66. The molecule has 1 aromatic carbocycles. The van der Waals surface area contributed by atoms with E-state index in [2.05, 4.69) is 17.0 Å². The predicted molar refractivity (Wildman–Crippen MR) is 94.3 cm³/mol. The zero-order valence-corrected chi connectivity index (χ0v) is 15.3. The van der Waals surface area contributed by atoms with E-state index in [4.69, 9.17) is 23.2 Å². The van der Waals surface area contributed by atoms with E-state index < -0.39 is 6.10 Å². The molecule has 0 bridgehead atoms. The van der Waals surface area contributed by atoms with Crippen LogP contribution in [0.2, 0.25) is 10.0 Å². The normalized spacial score (nSPS) is 22.8. The van der Waals surface area contributed by atoms with Crippen molar-refractivity contribution in [2.24, 2.45) is 11.8 Å². The molecule has 3 rings (SSSR count). The monoisotopic (exact) mass is 371 g/mol.